The first-order valence-corrected chi connectivity index (χ1v) is 6.27. The van der Waals surface area contributed by atoms with Gasteiger partial charge in [0.15, 0.2) is 0 Å². The van der Waals surface area contributed by atoms with Crippen molar-refractivity contribution in [2.24, 2.45) is 11.8 Å². The Balaban J connectivity index is 2.04. The molecule has 0 saturated carbocycles. The van der Waals surface area contributed by atoms with Gasteiger partial charge in [-0.1, -0.05) is 6.92 Å². The van der Waals surface area contributed by atoms with E-state index in [2.05, 4.69) is 0 Å². The molecule has 2 rings (SSSR count). The van der Waals surface area contributed by atoms with Gasteiger partial charge in [-0.3, -0.25) is 19.7 Å². The number of nitro groups is 1. The molecule has 1 heterocycles. The largest absolute Gasteiger partial charge is 0.481 e. The molecule has 1 aromatic carbocycles. The summed E-state index contributed by atoms with van der Waals surface area (Å²) in [6.07, 6.45) is 0. The van der Waals surface area contributed by atoms with Crippen molar-refractivity contribution in [3.8, 4) is 0 Å². The first kappa shape index (κ1) is 14.9. The predicted octanol–water partition coefficient (Wildman–Crippen LogP) is 1.53. The van der Waals surface area contributed by atoms with E-state index in [0.29, 0.717) is 0 Å². The summed E-state index contributed by atoms with van der Waals surface area (Å²) < 4.78 is 13.5. The highest BCUT2D eigenvalue weighted by Crippen LogP contribution is 2.26. The van der Waals surface area contributed by atoms with E-state index in [0.717, 1.165) is 12.1 Å². The third-order valence-corrected chi connectivity index (χ3v) is 3.68. The summed E-state index contributed by atoms with van der Waals surface area (Å²) in [6, 6.07) is 2.96. The van der Waals surface area contributed by atoms with Gasteiger partial charge in [0, 0.05) is 30.6 Å². The molecule has 0 spiro atoms. The Morgan fingerprint density at radius 3 is 2.57 bits per heavy atom. The van der Waals surface area contributed by atoms with E-state index in [1.54, 1.807) is 6.92 Å². The Kier molecular flexibility index (Phi) is 3.88. The van der Waals surface area contributed by atoms with E-state index < -0.39 is 34.2 Å². The summed E-state index contributed by atoms with van der Waals surface area (Å²) in [5.41, 5.74) is -0.674. The van der Waals surface area contributed by atoms with Gasteiger partial charge in [0.2, 0.25) is 5.82 Å². The van der Waals surface area contributed by atoms with Crippen molar-refractivity contribution in [3.05, 3.63) is 39.7 Å². The summed E-state index contributed by atoms with van der Waals surface area (Å²) >= 11 is 0. The highest BCUT2D eigenvalue weighted by Gasteiger charge is 2.37. The summed E-state index contributed by atoms with van der Waals surface area (Å²) in [6.45, 7) is 2.14. The van der Waals surface area contributed by atoms with E-state index in [1.807, 2.05) is 0 Å². The van der Waals surface area contributed by atoms with Crippen LogP contribution in [0, 0.1) is 27.8 Å². The third kappa shape index (κ3) is 2.83. The summed E-state index contributed by atoms with van der Waals surface area (Å²) in [7, 11) is 0. The number of halogens is 1. The maximum atomic E-state index is 13.5. The first-order valence-electron chi connectivity index (χ1n) is 6.27. The molecule has 0 aromatic heterocycles. The highest BCUT2D eigenvalue weighted by molar-refractivity contribution is 5.95. The van der Waals surface area contributed by atoms with Crippen molar-refractivity contribution in [2.45, 2.75) is 6.92 Å². The molecule has 0 radical (unpaired) electrons. The molecule has 1 N–H and O–H groups in total. The number of benzene rings is 1. The number of rotatable bonds is 4. The van der Waals surface area contributed by atoms with E-state index in [9.17, 15) is 24.1 Å². The fraction of sp³-hybridized carbons (Fsp3) is 0.385. The number of carboxylic acids is 1. The Bertz CT molecular complexity index is 613. The second-order valence-electron chi connectivity index (χ2n) is 5.02. The second kappa shape index (κ2) is 5.47. The zero-order valence-electron chi connectivity index (χ0n) is 11.2. The van der Waals surface area contributed by atoms with Crippen LogP contribution in [0.15, 0.2) is 18.2 Å². The van der Waals surface area contributed by atoms with Crippen molar-refractivity contribution in [1.29, 1.82) is 0 Å². The van der Waals surface area contributed by atoms with Crippen molar-refractivity contribution < 1.29 is 24.0 Å². The molecule has 112 valence electrons. The SMILES string of the molecule is CC(C(=O)O)C1CN(C(=O)c2ccc([N+](=O)[O-])c(F)c2)C1. The minimum atomic E-state index is -1.07. The van der Waals surface area contributed by atoms with E-state index in [-0.39, 0.29) is 24.6 Å². The monoisotopic (exact) mass is 296 g/mol. The zero-order chi connectivity index (χ0) is 15.7. The summed E-state index contributed by atoms with van der Waals surface area (Å²) in [4.78, 5) is 33.9. The minimum Gasteiger partial charge on any atom is -0.481 e. The topological polar surface area (TPSA) is 101 Å². The van der Waals surface area contributed by atoms with Crippen LogP contribution in [-0.4, -0.2) is 39.9 Å². The fourth-order valence-electron chi connectivity index (χ4n) is 2.17. The van der Waals surface area contributed by atoms with E-state index >= 15 is 0 Å². The molecule has 1 amide bonds. The molecule has 1 fully saturated rings. The number of nitrogens with zero attached hydrogens (tertiary/aromatic N) is 2. The number of hydrogen-bond donors (Lipinski definition) is 1. The molecule has 21 heavy (non-hydrogen) atoms. The van der Waals surface area contributed by atoms with Gasteiger partial charge in [-0.05, 0) is 12.1 Å². The van der Waals surface area contributed by atoms with E-state index in [4.69, 9.17) is 5.11 Å². The molecular weight excluding hydrogens is 283 g/mol. The Morgan fingerprint density at radius 2 is 2.10 bits per heavy atom. The number of carboxylic acid groups (broad SMARTS) is 1. The van der Waals surface area contributed by atoms with Crippen molar-refractivity contribution in [3.63, 3.8) is 0 Å². The number of likely N-dealkylation sites (tertiary alicyclic amines) is 1. The standard InChI is InChI=1S/C13H13FN2O5/c1-7(13(18)19)9-5-15(6-9)12(17)8-2-3-11(16(20)21)10(14)4-8/h2-4,7,9H,5-6H2,1H3,(H,18,19). The molecule has 0 aliphatic carbocycles. The first-order chi connectivity index (χ1) is 9.81. The van der Waals surface area contributed by atoms with E-state index in [1.165, 1.54) is 11.0 Å². The second-order valence-corrected chi connectivity index (χ2v) is 5.02. The number of hydrogen-bond acceptors (Lipinski definition) is 4. The summed E-state index contributed by atoms with van der Waals surface area (Å²) in [5.74, 6) is -3.13. The number of aliphatic carboxylic acids is 1. The molecule has 1 unspecified atom stereocenters. The number of carbonyl (C=O) groups excluding carboxylic acids is 1. The van der Waals surface area contributed by atoms with Gasteiger partial charge in [0.05, 0.1) is 10.8 Å². The van der Waals surface area contributed by atoms with Gasteiger partial charge in [0.1, 0.15) is 0 Å². The molecular formula is C13H13FN2O5. The van der Waals surface area contributed by atoms with Crippen molar-refractivity contribution in [2.75, 3.05) is 13.1 Å². The van der Waals surface area contributed by atoms with Crippen LogP contribution >= 0.6 is 0 Å². The Labute approximate surface area is 119 Å². The van der Waals surface area contributed by atoms with Crippen LogP contribution in [0.2, 0.25) is 0 Å². The maximum absolute atomic E-state index is 13.5. The van der Waals surface area contributed by atoms with Crippen LogP contribution < -0.4 is 0 Å². The lowest BCUT2D eigenvalue weighted by atomic mass is 9.86. The van der Waals surface area contributed by atoms with Crippen molar-refractivity contribution >= 4 is 17.6 Å². The molecule has 8 heteroatoms. The number of nitro benzene ring substituents is 1. The molecule has 1 aliphatic rings. The molecule has 1 aromatic rings. The maximum Gasteiger partial charge on any atom is 0.306 e. The average molecular weight is 296 g/mol. The lowest BCUT2D eigenvalue weighted by Gasteiger charge is -2.41. The average Bonchev–Trinajstić information content (AvgIpc) is 2.35. The normalized spacial score (nSPS) is 16.2. The quantitative estimate of drug-likeness (QED) is 0.670. The van der Waals surface area contributed by atoms with Gasteiger partial charge in [0.25, 0.3) is 5.91 Å². The van der Waals surface area contributed by atoms with Crippen LogP contribution in [-0.2, 0) is 4.79 Å². The Morgan fingerprint density at radius 1 is 1.48 bits per heavy atom. The number of amides is 1. The van der Waals surface area contributed by atoms with Gasteiger partial charge in [-0.15, -0.1) is 0 Å². The highest BCUT2D eigenvalue weighted by atomic mass is 19.1. The van der Waals surface area contributed by atoms with Gasteiger partial charge >= 0.3 is 11.7 Å². The van der Waals surface area contributed by atoms with Gasteiger partial charge in [-0.2, -0.15) is 4.39 Å². The minimum absolute atomic E-state index is 0.0135. The van der Waals surface area contributed by atoms with Crippen molar-refractivity contribution in [1.82, 2.24) is 4.90 Å². The number of carbonyl (C=O) groups is 2. The fourth-order valence-corrected chi connectivity index (χ4v) is 2.17. The van der Waals surface area contributed by atoms with Crippen LogP contribution in [0.4, 0.5) is 10.1 Å². The van der Waals surface area contributed by atoms with Gasteiger partial charge < -0.3 is 10.0 Å². The van der Waals surface area contributed by atoms with Crippen LogP contribution in [0.3, 0.4) is 0 Å². The Hall–Kier alpha value is -2.51. The lowest BCUT2D eigenvalue weighted by Crippen LogP contribution is -2.53. The van der Waals surface area contributed by atoms with Crippen LogP contribution in [0.1, 0.15) is 17.3 Å². The molecule has 0 bridgehead atoms. The van der Waals surface area contributed by atoms with Crippen LogP contribution in [0.25, 0.3) is 0 Å². The lowest BCUT2D eigenvalue weighted by molar-refractivity contribution is -0.387. The zero-order valence-corrected chi connectivity index (χ0v) is 11.2. The third-order valence-electron chi connectivity index (χ3n) is 3.68. The molecule has 1 atom stereocenters. The van der Waals surface area contributed by atoms with Gasteiger partial charge in [-0.25, -0.2) is 0 Å². The smallest absolute Gasteiger partial charge is 0.306 e. The summed E-state index contributed by atoms with van der Waals surface area (Å²) in [5, 5.41) is 19.4. The molecule has 7 nitrogen and oxygen atoms in total. The predicted molar refractivity (Wildman–Crippen MR) is 69.2 cm³/mol. The molecule has 1 saturated heterocycles. The van der Waals surface area contributed by atoms with Crippen LogP contribution in [0.5, 0.6) is 0 Å². The molecule has 1 aliphatic heterocycles.